The van der Waals surface area contributed by atoms with E-state index in [9.17, 15) is 23.5 Å². The summed E-state index contributed by atoms with van der Waals surface area (Å²) in [6, 6.07) is -1.02. The van der Waals surface area contributed by atoms with Crippen LogP contribution in [-0.4, -0.2) is 15.4 Å². The van der Waals surface area contributed by atoms with E-state index in [0.29, 0.717) is 0 Å². The fourth-order valence-electron chi connectivity index (χ4n) is 1.07. The van der Waals surface area contributed by atoms with Crippen LogP contribution in [0.2, 0.25) is 0 Å². The third-order valence-corrected chi connectivity index (χ3v) is 2.31. The van der Waals surface area contributed by atoms with Crippen LogP contribution in [-0.2, 0) is 9.13 Å². The van der Waals surface area contributed by atoms with E-state index in [4.69, 9.17) is 0 Å². The molecule has 1 aliphatic heterocycles. The Hall–Kier alpha value is -2.15. The van der Waals surface area contributed by atoms with Gasteiger partial charge in [-0.2, -0.15) is 14.3 Å². The molecule has 10 heteroatoms. The number of carbonyl (C=O) groups is 1. The summed E-state index contributed by atoms with van der Waals surface area (Å²) < 4.78 is 21.5. The predicted octanol–water partition coefficient (Wildman–Crippen LogP) is -2.15. The maximum absolute atomic E-state index is 11.1. The normalized spacial score (nSPS) is 12.9. The van der Waals surface area contributed by atoms with Crippen molar-refractivity contribution in [2.45, 2.75) is 0 Å². The number of fused-ring (bicyclic) bond motifs is 1. The van der Waals surface area contributed by atoms with Crippen LogP contribution >= 0.6 is 7.83 Å². The molecule has 1 N–H and O–H groups in total. The summed E-state index contributed by atoms with van der Waals surface area (Å²) in [5.41, 5.74) is -2.67. The minimum Gasteiger partial charge on any atom is -0.271 e. The number of aromatic amines is 1. The average molecular weight is 228 g/mol. The molecule has 0 atom stereocenters. The molecule has 2 amide bonds. The summed E-state index contributed by atoms with van der Waals surface area (Å²) in [4.78, 5) is 40.9. The molecule has 0 spiro atoms. The van der Waals surface area contributed by atoms with Crippen LogP contribution in [0.1, 0.15) is 0 Å². The van der Waals surface area contributed by atoms with Gasteiger partial charge in [-0.25, -0.2) is 18.7 Å². The van der Waals surface area contributed by atoms with Crippen LogP contribution < -0.4 is 22.1 Å². The van der Waals surface area contributed by atoms with Crippen molar-refractivity contribution >= 4 is 13.9 Å². The number of nitrogens with zero attached hydrogens (tertiary/aromatic N) is 3. The smallest absolute Gasteiger partial charge is 0.271 e. The van der Waals surface area contributed by atoms with Crippen molar-refractivity contribution in [1.29, 1.82) is 0 Å². The second-order valence-electron chi connectivity index (χ2n) is 2.49. The number of hydrogen-bond donors (Lipinski definition) is 1. The van der Waals surface area contributed by atoms with Crippen molar-refractivity contribution in [3.05, 3.63) is 31.7 Å². The van der Waals surface area contributed by atoms with Crippen LogP contribution in [0, 0.1) is 0 Å². The summed E-state index contributed by atoms with van der Waals surface area (Å²) in [7, 11) is -3.32. The van der Waals surface area contributed by atoms with Crippen molar-refractivity contribution in [2.75, 3.05) is 0 Å². The van der Waals surface area contributed by atoms with E-state index >= 15 is 0 Å². The van der Waals surface area contributed by atoms with Gasteiger partial charge in [0.2, 0.25) is 0 Å². The minimum absolute atomic E-state index is 0.181. The van der Waals surface area contributed by atoms with Crippen LogP contribution in [0.15, 0.2) is 19.6 Å². The van der Waals surface area contributed by atoms with Gasteiger partial charge >= 0.3 is 19.6 Å². The molecular weight excluding hydrogens is 227 g/mol. The Morgan fingerprint density at radius 3 is 2.40 bits per heavy atom. The SMILES string of the molecule is O=C1N=c2c(=O)[nH]c(=O)n(P(=O)=O)c2=N1. The zero-order valence-corrected chi connectivity index (χ0v) is 7.72. The maximum Gasteiger partial charge on any atom is 0.436 e. The third kappa shape index (κ3) is 1.29. The zero-order chi connectivity index (χ0) is 11.2. The first-order chi connectivity index (χ1) is 7.00. The lowest BCUT2D eigenvalue weighted by Gasteiger charge is -1.89. The van der Waals surface area contributed by atoms with Gasteiger partial charge in [-0.1, -0.05) is 0 Å². The highest BCUT2D eigenvalue weighted by Crippen LogP contribution is 1.97. The van der Waals surface area contributed by atoms with Gasteiger partial charge in [-0.05, 0) is 0 Å². The maximum atomic E-state index is 11.1. The highest BCUT2D eigenvalue weighted by atomic mass is 31.1. The van der Waals surface area contributed by atoms with E-state index in [-0.39, 0.29) is 4.34 Å². The Balaban J connectivity index is 3.22. The molecule has 0 saturated heterocycles. The van der Waals surface area contributed by atoms with Gasteiger partial charge in [0.15, 0.2) is 10.8 Å². The molecule has 2 heterocycles. The number of aromatic nitrogens is 2. The zero-order valence-electron chi connectivity index (χ0n) is 6.83. The number of hydrogen-bond acceptors (Lipinski definition) is 5. The Morgan fingerprint density at radius 2 is 1.80 bits per heavy atom. The molecule has 0 radical (unpaired) electrons. The summed E-state index contributed by atoms with van der Waals surface area (Å²) in [6.07, 6.45) is 0. The largest absolute Gasteiger partial charge is 0.436 e. The molecule has 9 nitrogen and oxygen atoms in total. The molecule has 15 heavy (non-hydrogen) atoms. The number of urea groups is 1. The van der Waals surface area contributed by atoms with Crippen LogP contribution in [0.4, 0.5) is 4.79 Å². The number of amides is 2. The van der Waals surface area contributed by atoms with Crippen molar-refractivity contribution in [3.8, 4) is 0 Å². The van der Waals surface area contributed by atoms with Crippen molar-refractivity contribution in [1.82, 2.24) is 9.32 Å². The Bertz CT molecular complexity index is 758. The van der Waals surface area contributed by atoms with Crippen molar-refractivity contribution in [3.63, 3.8) is 0 Å². The quantitative estimate of drug-likeness (QED) is 0.547. The van der Waals surface area contributed by atoms with E-state index in [1.54, 1.807) is 4.98 Å². The molecule has 0 fully saturated rings. The van der Waals surface area contributed by atoms with Crippen LogP contribution in [0.3, 0.4) is 0 Å². The molecule has 1 aromatic heterocycles. The lowest BCUT2D eigenvalue weighted by Crippen LogP contribution is -2.50. The van der Waals surface area contributed by atoms with Crippen molar-refractivity contribution in [2.24, 2.45) is 9.98 Å². The van der Waals surface area contributed by atoms with Gasteiger partial charge in [0.1, 0.15) is 0 Å². The highest BCUT2D eigenvalue weighted by Gasteiger charge is 2.16. The van der Waals surface area contributed by atoms with E-state index in [2.05, 4.69) is 9.98 Å². The van der Waals surface area contributed by atoms with E-state index < -0.39 is 36.0 Å². The molecule has 0 saturated carbocycles. The van der Waals surface area contributed by atoms with Gasteiger partial charge < -0.3 is 0 Å². The van der Waals surface area contributed by atoms with Gasteiger partial charge in [0.05, 0.1) is 0 Å². The second kappa shape index (κ2) is 2.92. The molecule has 0 aromatic carbocycles. The fourth-order valence-corrected chi connectivity index (χ4v) is 1.56. The second-order valence-corrected chi connectivity index (χ2v) is 3.36. The molecule has 76 valence electrons. The van der Waals surface area contributed by atoms with E-state index in [0.717, 1.165) is 0 Å². The third-order valence-electron chi connectivity index (χ3n) is 1.61. The van der Waals surface area contributed by atoms with E-state index in [1.807, 2.05) is 0 Å². The number of carbonyl (C=O) groups excluding carboxylic acids is 1. The Labute approximate surface area is 79.7 Å². The summed E-state index contributed by atoms with van der Waals surface area (Å²) in [6.45, 7) is 0. The molecule has 1 aliphatic rings. The van der Waals surface area contributed by atoms with Gasteiger partial charge in [-0.15, -0.1) is 0 Å². The van der Waals surface area contributed by atoms with Crippen LogP contribution in [0.25, 0.3) is 0 Å². The monoisotopic (exact) mass is 228 g/mol. The van der Waals surface area contributed by atoms with Gasteiger partial charge in [0.25, 0.3) is 5.56 Å². The lowest BCUT2D eigenvalue weighted by atomic mass is 10.6. The number of rotatable bonds is 1. The van der Waals surface area contributed by atoms with E-state index in [1.165, 1.54) is 0 Å². The van der Waals surface area contributed by atoms with Gasteiger partial charge in [0, 0.05) is 0 Å². The fraction of sp³-hybridized carbons (Fsp3) is 0. The predicted molar refractivity (Wildman–Crippen MR) is 42.7 cm³/mol. The number of nitrogens with one attached hydrogen (secondary N) is 1. The Morgan fingerprint density at radius 1 is 1.13 bits per heavy atom. The standard InChI is InChI=1S/C5HN4O5P/c10-3-1-2(7-4(11)6-1)9(15(13)14)5(12)8-3/h(H,8,10,12). The molecule has 0 aliphatic carbocycles. The van der Waals surface area contributed by atoms with Crippen molar-refractivity contribution < 1.29 is 13.9 Å². The molecule has 0 unspecified atom stereocenters. The first-order valence-corrected chi connectivity index (χ1v) is 4.65. The summed E-state index contributed by atoms with van der Waals surface area (Å²) >= 11 is 0. The lowest BCUT2D eigenvalue weighted by molar-refractivity contribution is 0.256. The molecule has 2 rings (SSSR count). The molecule has 1 aromatic rings. The summed E-state index contributed by atoms with van der Waals surface area (Å²) in [5, 5.41) is -0.473. The van der Waals surface area contributed by atoms with Crippen LogP contribution in [0.5, 0.6) is 0 Å². The molecular formula is C5HN4O5P. The first-order valence-electron chi connectivity index (χ1n) is 3.52. The number of H-pyrrole nitrogens is 1. The highest BCUT2D eigenvalue weighted by molar-refractivity contribution is 7.28. The summed E-state index contributed by atoms with van der Waals surface area (Å²) in [5.74, 6) is 0. The minimum atomic E-state index is -3.32. The van der Waals surface area contributed by atoms with Gasteiger partial charge in [-0.3, -0.25) is 9.78 Å². The average Bonchev–Trinajstić information content (AvgIpc) is 2.45. The Kier molecular flexibility index (Phi) is 1.83. The topological polar surface area (TPSA) is 131 Å². The first kappa shape index (κ1) is 9.41. The molecule has 0 bridgehead atoms.